The van der Waals surface area contributed by atoms with Crippen LogP contribution in [0.5, 0.6) is 0 Å². The highest BCUT2D eigenvalue weighted by Crippen LogP contribution is 2.10. The fourth-order valence-electron chi connectivity index (χ4n) is 0.831. The maximum atomic E-state index is 5.19. The predicted octanol–water partition coefficient (Wildman–Crippen LogP) is -0.900. The van der Waals surface area contributed by atoms with Crippen molar-refractivity contribution in [2.75, 3.05) is 5.43 Å². The van der Waals surface area contributed by atoms with Gasteiger partial charge in [0.25, 0.3) is 0 Å². The first-order valence-corrected chi connectivity index (χ1v) is 3.17. The first-order valence-electron chi connectivity index (χ1n) is 3.17. The highest BCUT2D eigenvalue weighted by molar-refractivity contribution is 5.80. The fraction of sp³-hybridized carbons (Fsp3) is 0. The third kappa shape index (κ3) is 0.920. The molecule has 0 unspecified atom stereocenters. The van der Waals surface area contributed by atoms with Crippen LogP contribution in [0.2, 0.25) is 0 Å². The predicted molar refractivity (Wildman–Crippen MR) is 40.7 cm³/mol. The molecule has 0 atom stereocenters. The first-order chi connectivity index (χ1) is 5.92. The van der Waals surface area contributed by atoms with Gasteiger partial charge in [0.05, 0.1) is 0 Å². The van der Waals surface area contributed by atoms with Gasteiger partial charge in [0.1, 0.15) is 12.7 Å². The minimum absolute atomic E-state index is 0.417. The standard InChI is InChI=1S/C5H5N7/c6-11-4-3-5(9-1-8-4)12-10-2-7-3/h1-2H,6H2,(H,8,9,11,12). The Morgan fingerprint density at radius 2 is 2.08 bits per heavy atom. The van der Waals surface area contributed by atoms with E-state index < -0.39 is 0 Å². The summed E-state index contributed by atoms with van der Waals surface area (Å²) in [5, 5.41) is 7.30. The Morgan fingerprint density at radius 1 is 1.17 bits per heavy atom. The lowest BCUT2D eigenvalue weighted by Crippen LogP contribution is -2.10. The Kier molecular flexibility index (Phi) is 1.49. The molecular weight excluding hydrogens is 158 g/mol. The van der Waals surface area contributed by atoms with Crippen molar-refractivity contribution in [3.05, 3.63) is 12.7 Å². The van der Waals surface area contributed by atoms with E-state index in [-0.39, 0.29) is 0 Å². The molecule has 60 valence electrons. The third-order valence-electron chi connectivity index (χ3n) is 1.33. The second kappa shape index (κ2) is 2.62. The van der Waals surface area contributed by atoms with Gasteiger partial charge in [-0.2, -0.15) is 0 Å². The average Bonchev–Trinajstić information content (AvgIpc) is 2.17. The molecule has 2 aromatic heterocycles. The first kappa shape index (κ1) is 6.80. The number of nitrogens with zero attached hydrogens (tertiary/aromatic N) is 5. The molecule has 0 aliphatic rings. The number of hydrogen-bond acceptors (Lipinski definition) is 7. The lowest BCUT2D eigenvalue weighted by molar-refractivity contribution is 0.987. The zero-order valence-corrected chi connectivity index (χ0v) is 5.97. The number of rotatable bonds is 1. The van der Waals surface area contributed by atoms with E-state index in [9.17, 15) is 0 Å². The van der Waals surface area contributed by atoms with Gasteiger partial charge in [-0.1, -0.05) is 0 Å². The van der Waals surface area contributed by atoms with Gasteiger partial charge < -0.3 is 5.43 Å². The number of aromatic nitrogens is 5. The Hall–Kier alpha value is -1.89. The minimum Gasteiger partial charge on any atom is -0.306 e. The zero-order valence-electron chi connectivity index (χ0n) is 5.97. The maximum Gasteiger partial charge on any atom is 0.205 e. The van der Waals surface area contributed by atoms with E-state index in [0.29, 0.717) is 17.0 Å². The third-order valence-corrected chi connectivity index (χ3v) is 1.33. The average molecular weight is 163 g/mol. The summed E-state index contributed by atoms with van der Waals surface area (Å²) >= 11 is 0. The normalized spacial score (nSPS) is 10.1. The molecule has 0 aliphatic heterocycles. The minimum atomic E-state index is 0.417. The molecule has 0 aliphatic carbocycles. The van der Waals surface area contributed by atoms with Crippen molar-refractivity contribution < 1.29 is 0 Å². The molecule has 0 saturated heterocycles. The van der Waals surface area contributed by atoms with Crippen LogP contribution in [0.4, 0.5) is 5.82 Å². The van der Waals surface area contributed by atoms with Crippen LogP contribution in [0, 0.1) is 0 Å². The van der Waals surface area contributed by atoms with Gasteiger partial charge in [-0.15, -0.1) is 10.2 Å². The molecule has 0 amide bonds. The second-order valence-electron chi connectivity index (χ2n) is 2.00. The Labute approximate surface area is 67.0 Å². The quantitative estimate of drug-likeness (QED) is 0.414. The van der Waals surface area contributed by atoms with Crippen LogP contribution in [0.3, 0.4) is 0 Å². The SMILES string of the molecule is NNc1ncnc2nncnc12. The topological polar surface area (TPSA) is 102 Å². The molecule has 0 fully saturated rings. The fourth-order valence-corrected chi connectivity index (χ4v) is 0.831. The molecule has 0 saturated carbocycles. The largest absolute Gasteiger partial charge is 0.306 e. The number of nitrogen functional groups attached to an aromatic ring is 1. The summed E-state index contributed by atoms with van der Waals surface area (Å²) in [6, 6.07) is 0. The van der Waals surface area contributed by atoms with E-state index in [1.807, 2.05) is 0 Å². The van der Waals surface area contributed by atoms with E-state index >= 15 is 0 Å². The van der Waals surface area contributed by atoms with E-state index in [4.69, 9.17) is 5.84 Å². The molecule has 0 spiro atoms. The van der Waals surface area contributed by atoms with Crippen molar-refractivity contribution in [2.24, 2.45) is 5.84 Å². The lowest BCUT2D eigenvalue weighted by atomic mass is 10.5. The molecule has 0 aromatic carbocycles. The van der Waals surface area contributed by atoms with Crippen LogP contribution in [-0.2, 0) is 0 Å². The molecular formula is C5H5N7. The van der Waals surface area contributed by atoms with Gasteiger partial charge in [-0.05, 0) is 0 Å². The summed E-state index contributed by atoms with van der Waals surface area (Å²) in [6.45, 7) is 0. The van der Waals surface area contributed by atoms with Crippen molar-refractivity contribution in [1.82, 2.24) is 25.1 Å². The smallest absolute Gasteiger partial charge is 0.205 e. The molecule has 7 nitrogen and oxygen atoms in total. The van der Waals surface area contributed by atoms with Gasteiger partial charge in [0, 0.05) is 0 Å². The molecule has 2 heterocycles. The molecule has 12 heavy (non-hydrogen) atoms. The van der Waals surface area contributed by atoms with Crippen molar-refractivity contribution in [3.63, 3.8) is 0 Å². The van der Waals surface area contributed by atoms with Crippen molar-refractivity contribution in [2.45, 2.75) is 0 Å². The van der Waals surface area contributed by atoms with Crippen LogP contribution in [0.25, 0.3) is 11.2 Å². The summed E-state index contributed by atoms with van der Waals surface area (Å²) in [5.41, 5.74) is 3.31. The van der Waals surface area contributed by atoms with Crippen LogP contribution < -0.4 is 11.3 Å². The van der Waals surface area contributed by atoms with Gasteiger partial charge >= 0.3 is 0 Å². The summed E-state index contributed by atoms with van der Waals surface area (Å²) in [7, 11) is 0. The molecule has 3 N–H and O–H groups in total. The van der Waals surface area contributed by atoms with Crippen molar-refractivity contribution in [3.8, 4) is 0 Å². The Bertz CT molecular complexity index is 394. The highest BCUT2D eigenvalue weighted by atomic mass is 15.3. The van der Waals surface area contributed by atoms with Gasteiger partial charge in [-0.3, -0.25) is 0 Å². The lowest BCUT2D eigenvalue weighted by Gasteiger charge is -1.99. The Morgan fingerprint density at radius 3 is 2.92 bits per heavy atom. The van der Waals surface area contributed by atoms with Gasteiger partial charge in [0.15, 0.2) is 11.3 Å². The monoisotopic (exact) mass is 163 g/mol. The van der Waals surface area contributed by atoms with Crippen LogP contribution in [-0.4, -0.2) is 25.1 Å². The number of fused-ring (bicyclic) bond motifs is 1. The van der Waals surface area contributed by atoms with Gasteiger partial charge in [-0.25, -0.2) is 20.8 Å². The summed E-state index contributed by atoms with van der Waals surface area (Å²) < 4.78 is 0. The van der Waals surface area contributed by atoms with Crippen LogP contribution in [0.15, 0.2) is 12.7 Å². The van der Waals surface area contributed by atoms with Crippen LogP contribution in [0.1, 0.15) is 0 Å². The maximum absolute atomic E-state index is 5.19. The molecule has 7 heteroatoms. The number of hydrogen-bond donors (Lipinski definition) is 2. The van der Waals surface area contributed by atoms with Gasteiger partial charge in [0.2, 0.25) is 5.65 Å². The van der Waals surface area contributed by atoms with Crippen LogP contribution >= 0.6 is 0 Å². The summed E-state index contributed by atoms with van der Waals surface area (Å²) in [4.78, 5) is 11.6. The summed E-state index contributed by atoms with van der Waals surface area (Å²) in [5.74, 6) is 5.63. The van der Waals surface area contributed by atoms with E-state index in [0.717, 1.165) is 0 Å². The van der Waals surface area contributed by atoms with E-state index in [2.05, 4.69) is 30.6 Å². The van der Waals surface area contributed by atoms with E-state index in [1.54, 1.807) is 0 Å². The molecule has 2 rings (SSSR count). The number of nitrogens with one attached hydrogen (secondary N) is 1. The van der Waals surface area contributed by atoms with Crippen molar-refractivity contribution in [1.29, 1.82) is 0 Å². The summed E-state index contributed by atoms with van der Waals surface area (Å²) in [6.07, 6.45) is 2.65. The zero-order chi connectivity index (χ0) is 8.39. The molecule has 0 radical (unpaired) electrons. The van der Waals surface area contributed by atoms with Crippen molar-refractivity contribution >= 4 is 17.0 Å². The number of anilines is 1. The molecule has 0 bridgehead atoms. The highest BCUT2D eigenvalue weighted by Gasteiger charge is 2.02. The second-order valence-corrected chi connectivity index (χ2v) is 2.00. The Balaban J connectivity index is 2.79. The van der Waals surface area contributed by atoms with E-state index in [1.165, 1.54) is 12.7 Å². The number of nitrogens with two attached hydrogens (primary N) is 1. The molecule has 2 aromatic rings. The number of hydrazine groups is 1.